The fraction of sp³-hybridized carbons (Fsp3) is 0.467. The molecule has 2 aromatic heterocycles. The molecule has 7 heteroatoms. The Kier molecular flexibility index (Phi) is 3.34. The van der Waals surface area contributed by atoms with E-state index in [1.165, 1.54) is 0 Å². The Bertz CT molecular complexity index is 624. The van der Waals surface area contributed by atoms with E-state index in [1.54, 1.807) is 31.1 Å². The molecule has 7 nitrogen and oxygen atoms in total. The molecule has 2 aliphatic heterocycles. The lowest BCUT2D eigenvalue weighted by Gasteiger charge is -2.23. The molecule has 0 bridgehead atoms. The van der Waals surface area contributed by atoms with Crippen LogP contribution in [0, 0.1) is 0 Å². The van der Waals surface area contributed by atoms with E-state index in [1.807, 2.05) is 6.07 Å². The SMILES string of the molecule is c1cc(N2CC[C@@]3(C[C@H](Nc4cnccn4)CO3)C2)ncn1. The summed E-state index contributed by atoms with van der Waals surface area (Å²) in [4.78, 5) is 18.9. The van der Waals surface area contributed by atoms with E-state index in [0.717, 1.165) is 37.6 Å². The molecule has 1 spiro atoms. The van der Waals surface area contributed by atoms with E-state index in [2.05, 4.69) is 30.2 Å². The molecule has 0 unspecified atom stereocenters. The summed E-state index contributed by atoms with van der Waals surface area (Å²) in [5.74, 6) is 1.78. The van der Waals surface area contributed by atoms with Gasteiger partial charge in [0.1, 0.15) is 18.0 Å². The van der Waals surface area contributed by atoms with Crippen molar-refractivity contribution in [3.63, 3.8) is 0 Å². The monoisotopic (exact) mass is 298 g/mol. The molecule has 2 saturated heterocycles. The largest absolute Gasteiger partial charge is 0.371 e. The molecule has 0 aliphatic carbocycles. The van der Waals surface area contributed by atoms with Crippen LogP contribution in [0.15, 0.2) is 37.2 Å². The summed E-state index contributed by atoms with van der Waals surface area (Å²) < 4.78 is 6.14. The van der Waals surface area contributed by atoms with Crippen LogP contribution in [0.25, 0.3) is 0 Å². The molecule has 0 amide bonds. The average Bonchev–Trinajstić information content (AvgIpc) is 3.17. The zero-order valence-electron chi connectivity index (χ0n) is 12.2. The molecule has 2 fully saturated rings. The maximum absolute atomic E-state index is 6.14. The average molecular weight is 298 g/mol. The first-order valence-electron chi connectivity index (χ1n) is 7.51. The number of nitrogens with zero attached hydrogens (tertiary/aromatic N) is 5. The smallest absolute Gasteiger partial charge is 0.144 e. The minimum Gasteiger partial charge on any atom is -0.371 e. The Balaban J connectivity index is 1.40. The van der Waals surface area contributed by atoms with Gasteiger partial charge in [0.2, 0.25) is 0 Å². The third kappa shape index (κ3) is 2.59. The number of rotatable bonds is 3. The van der Waals surface area contributed by atoms with Crippen LogP contribution in [0.5, 0.6) is 0 Å². The summed E-state index contributed by atoms with van der Waals surface area (Å²) >= 11 is 0. The van der Waals surface area contributed by atoms with Gasteiger partial charge in [-0.25, -0.2) is 15.0 Å². The Labute approximate surface area is 128 Å². The normalized spacial score (nSPS) is 27.5. The third-order valence-corrected chi connectivity index (χ3v) is 4.33. The van der Waals surface area contributed by atoms with Crippen molar-refractivity contribution in [2.45, 2.75) is 24.5 Å². The van der Waals surface area contributed by atoms with Crippen LogP contribution in [-0.4, -0.2) is 51.3 Å². The van der Waals surface area contributed by atoms with Crippen LogP contribution < -0.4 is 10.2 Å². The Morgan fingerprint density at radius 1 is 1.23 bits per heavy atom. The second kappa shape index (κ2) is 5.49. The first-order valence-corrected chi connectivity index (χ1v) is 7.51. The van der Waals surface area contributed by atoms with Gasteiger partial charge >= 0.3 is 0 Å². The van der Waals surface area contributed by atoms with Crippen LogP contribution in [0.2, 0.25) is 0 Å². The van der Waals surface area contributed by atoms with Gasteiger partial charge in [0, 0.05) is 38.1 Å². The van der Waals surface area contributed by atoms with Gasteiger partial charge in [-0.3, -0.25) is 4.98 Å². The highest BCUT2D eigenvalue weighted by molar-refractivity contribution is 5.40. The van der Waals surface area contributed by atoms with Gasteiger partial charge in [-0.05, 0) is 12.5 Å². The fourth-order valence-electron chi connectivity index (χ4n) is 3.32. The summed E-state index contributed by atoms with van der Waals surface area (Å²) in [5.41, 5.74) is -0.0785. The van der Waals surface area contributed by atoms with Crippen LogP contribution in [0.1, 0.15) is 12.8 Å². The zero-order chi connectivity index (χ0) is 14.8. The van der Waals surface area contributed by atoms with Crippen molar-refractivity contribution >= 4 is 11.6 Å². The van der Waals surface area contributed by atoms with E-state index >= 15 is 0 Å². The Hall–Kier alpha value is -2.28. The minimum atomic E-state index is -0.0785. The van der Waals surface area contributed by atoms with Crippen molar-refractivity contribution in [1.29, 1.82) is 0 Å². The summed E-state index contributed by atoms with van der Waals surface area (Å²) in [7, 11) is 0. The summed E-state index contributed by atoms with van der Waals surface area (Å²) in [6, 6.07) is 2.23. The second-order valence-corrected chi connectivity index (χ2v) is 5.87. The quantitative estimate of drug-likeness (QED) is 0.909. The Morgan fingerprint density at radius 3 is 3.05 bits per heavy atom. The van der Waals surface area contributed by atoms with Crippen molar-refractivity contribution in [2.75, 3.05) is 29.9 Å². The molecular formula is C15H18N6O. The highest BCUT2D eigenvalue weighted by atomic mass is 16.5. The van der Waals surface area contributed by atoms with Crippen molar-refractivity contribution in [2.24, 2.45) is 0 Å². The summed E-state index contributed by atoms with van der Waals surface area (Å²) in [6.45, 7) is 2.55. The maximum atomic E-state index is 6.14. The van der Waals surface area contributed by atoms with E-state index < -0.39 is 0 Å². The van der Waals surface area contributed by atoms with Crippen molar-refractivity contribution in [3.8, 4) is 0 Å². The van der Waals surface area contributed by atoms with Crippen LogP contribution in [-0.2, 0) is 4.74 Å². The predicted octanol–water partition coefficient (Wildman–Crippen LogP) is 1.12. The molecule has 1 N–H and O–H groups in total. The van der Waals surface area contributed by atoms with Crippen molar-refractivity contribution < 1.29 is 4.74 Å². The van der Waals surface area contributed by atoms with Gasteiger partial charge in [-0.2, -0.15) is 0 Å². The van der Waals surface area contributed by atoms with Gasteiger partial charge < -0.3 is 15.0 Å². The highest BCUT2D eigenvalue weighted by Gasteiger charge is 2.45. The van der Waals surface area contributed by atoms with E-state index in [9.17, 15) is 0 Å². The number of aromatic nitrogens is 4. The Morgan fingerprint density at radius 2 is 2.23 bits per heavy atom. The molecule has 2 aliphatic rings. The van der Waals surface area contributed by atoms with Crippen LogP contribution in [0.4, 0.5) is 11.6 Å². The molecule has 4 rings (SSSR count). The van der Waals surface area contributed by atoms with Crippen molar-refractivity contribution in [1.82, 2.24) is 19.9 Å². The van der Waals surface area contributed by atoms with Crippen LogP contribution in [0.3, 0.4) is 0 Å². The molecular weight excluding hydrogens is 280 g/mol. The number of hydrogen-bond donors (Lipinski definition) is 1. The maximum Gasteiger partial charge on any atom is 0.144 e. The second-order valence-electron chi connectivity index (χ2n) is 5.87. The first-order chi connectivity index (χ1) is 10.8. The molecule has 0 saturated carbocycles. The highest BCUT2D eigenvalue weighted by Crippen LogP contribution is 2.37. The van der Waals surface area contributed by atoms with Gasteiger partial charge in [-0.15, -0.1) is 0 Å². The first kappa shape index (κ1) is 13.4. The lowest BCUT2D eigenvalue weighted by molar-refractivity contribution is 0.0228. The van der Waals surface area contributed by atoms with E-state index in [-0.39, 0.29) is 11.6 Å². The third-order valence-electron chi connectivity index (χ3n) is 4.33. The lowest BCUT2D eigenvalue weighted by Crippen LogP contribution is -2.33. The van der Waals surface area contributed by atoms with E-state index in [0.29, 0.717) is 6.61 Å². The zero-order valence-corrected chi connectivity index (χ0v) is 12.2. The fourth-order valence-corrected chi connectivity index (χ4v) is 3.32. The predicted molar refractivity (Wildman–Crippen MR) is 81.6 cm³/mol. The standard InChI is InChI=1S/C15H18N6O/c1-3-17-11-19-14(1)21-6-2-15(10-21)7-12(9-22-15)20-13-8-16-4-5-18-13/h1,3-5,8,11-12H,2,6-7,9-10H2,(H,18,20)/t12-,15+/m0/s1. The minimum absolute atomic E-state index is 0.0785. The molecule has 114 valence electrons. The van der Waals surface area contributed by atoms with Gasteiger partial charge in [-0.1, -0.05) is 0 Å². The summed E-state index contributed by atoms with van der Waals surface area (Å²) in [5, 5.41) is 3.40. The summed E-state index contributed by atoms with van der Waals surface area (Å²) in [6.07, 6.45) is 10.5. The number of hydrogen-bond acceptors (Lipinski definition) is 7. The molecule has 0 aromatic carbocycles. The topological polar surface area (TPSA) is 76.1 Å². The van der Waals surface area contributed by atoms with Crippen molar-refractivity contribution in [3.05, 3.63) is 37.2 Å². The number of nitrogens with one attached hydrogen (secondary N) is 1. The number of anilines is 2. The number of ether oxygens (including phenoxy) is 1. The van der Waals surface area contributed by atoms with Crippen LogP contribution >= 0.6 is 0 Å². The molecule has 2 atom stereocenters. The van der Waals surface area contributed by atoms with Gasteiger partial charge in [0.15, 0.2) is 0 Å². The molecule has 2 aromatic rings. The molecule has 22 heavy (non-hydrogen) atoms. The van der Waals surface area contributed by atoms with Gasteiger partial charge in [0.05, 0.1) is 24.4 Å². The van der Waals surface area contributed by atoms with E-state index in [4.69, 9.17) is 4.74 Å². The molecule has 0 radical (unpaired) electrons. The van der Waals surface area contributed by atoms with Gasteiger partial charge in [0.25, 0.3) is 0 Å². The lowest BCUT2D eigenvalue weighted by atomic mass is 9.97. The molecule has 4 heterocycles.